The highest BCUT2D eigenvalue weighted by atomic mass is 16.6. The van der Waals surface area contributed by atoms with Crippen molar-refractivity contribution in [3.8, 4) is 0 Å². The van der Waals surface area contributed by atoms with Crippen LogP contribution in [0.3, 0.4) is 0 Å². The van der Waals surface area contributed by atoms with Gasteiger partial charge in [-0.25, -0.2) is 4.79 Å². The first kappa shape index (κ1) is 15.0. The molecule has 0 aromatic heterocycles. The van der Waals surface area contributed by atoms with Crippen molar-refractivity contribution in [2.45, 2.75) is 51.6 Å². The van der Waals surface area contributed by atoms with Gasteiger partial charge in [-0.2, -0.15) is 0 Å². The molecule has 2 rings (SSSR count). The van der Waals surface area contributed by atoms with Gasteiger partial charge in [0.25, 0.3) is 0 Å². The highest BCUT2D eigenvalue weighted by Gasteiger charge is 2.29. The van der Waals surface area contributed by atoms with Crippen LogP contribution in [0, 0.1) is 0 Å². The third-order valence-corrected chi connectivity index (χ3v) is 3.19. The van der Waals surface area contributed by atoms with E-state index in [9.17, 15) is 4.79 Å². The maximum atomic E-state index is 11.9. The molecule has 1 aliphatic heterocycles. The number of hydrogen-bond acceptors (Lipinski definition) is 4. The smallest absolute Gasteiger partial charge is 0.335 e. The van der Waals surface area contributed by atoms with Gasteiger partial charge in [-0.1, -0.05) is 30.3 Å². The van der Waals surface area contributed by atoms with E-state index in [1.807, 2.05) is 44.2 Å². The summed E-state index contributed by atoms with van der Waals surface area (Å²) < 4.78 is 16.5. The summed E-state index contributed by atoms with van der Waals surface area (Å²) >= 11 is 0. The van der Waals surface area contributed by atoms with Crippen molar-refractivity contribution in [3.63, 3.8) is 0 Å². The number of esters is 1. The molecule has 0 bridgehead atoms. The Bertz CT molecular complexity index is 408. The van der Waals surface area contributed by atoms with Crippen LogP contribution in [-0.2, 0) is 25.6 Å². The molecular weight excluding hydrogens is 256 g/mol. The predicted octanol–water partition coefficient (Wildman–Crippen LogP) is 2.70. The first-order valence-electron chi connectivity index (χ1n) is 7.13. The molecule has 1 aliphatic rings. The molecule has 0 aliphatic carbocycles. The summed E-state index contributed by atoms with van der Waals surface area (Å²) in [6, 6.07) is 9.65. The van der Waals surface area contributed by atoms with E-state index in [-0.39, 0.29) is 18.2 Å². The molecule has 1 aromatic carbocycles. The molecule has 110 valence electrons. The third-order valence-electron chi connectivity index (χ3n) is 3.19. The summed E-state index contributed by atoms with van der Waals surface area (Å²) in [6.07, 6.45) is 1.32. The summed E-state index contributed by atoms with van der Waals surface area (Å²) in [5, 5.41) is 0. The highest BCUT2D eigenvalue weighted by molar-refractivity contribution is 5.74. The Labute approximate surface area is 120 Å². The average Bonchev–Trinajstić information content (AvgIpc) is 2.46. The molecule has 0 radical (unpaired) electrons. The van der Waals surface area contributed by atoms with Crippen molar-refractivity contribution < 1.29 is 19.0 Å². The molecule has 2 atom stereocenters. The normalized spacial score (nSPS) is 22.8. The first-order valence-corrected chi connectivity index (χ1v) is 7.13. The Morgan fingerprint density at radius 1 is 1.30 bits per heavy atom. The fraction of sp³-hybridized carbons (Fsp3) is 0.562. The summed E-state index contributed by atoms with van der Waals surface area (Å²) in [5.74, 6) is -0.281. The van der Waals surface area contributed by atoms with Gasteiger partial charge in [-0.15, -0.1) is 0 Å². The average molecular weight is 278 g/mol. The number of ether oxygens (including phenoxy) is 3. The van der Waals surface area contributed by atoms with Crippen LogP contribution >= 0.6 is 0 Å². The Balaban J connectivity index is 1.72. The Kier molecular flexibility index (Phi) is 5.56. The second kappa shape index (κ2) is 7.41. The van der Waals surface area contributed by atoms with Crippen LogP contribution in [0.15, 0.2) is 30.3 Å². The molecule has 0 unspecified atom stereocenters. The molecule has 1 aromatic rings. The molecule has 20 heavy (non-hydrogen) atoms. The fourth-order valence-electron chi connectivity index (χ4n) is 2.23. The Morgan fingerprint density at radius 2 is 2.05 bits per heavy atom. The van der Waals surface area contributed by atoms with Gasteiger partial charge in [-0.05, 0) is 32.3 Å². The second-order valence-electron chi connectivity index (χ2n) is 5.30. The molecule has 1 saturated heterocycles. The summed E-state index contributed by atoms with van der Waals surface area (Å²) in [4.78, 5) is 11.9. The maximum absolute atomic E-state index is 11.9. The van der Waals surface area contributed by atoms with E-state index in [0.717, 1.165) is 12.0 Å². The van der Waals surface area contributed by atoms with E-state index in [0.29, 0.717) is 19.6 Å². The van der Waals surface area contributed by atoms with Gasteiger partial charge in [0, 0.05) is 0 Å². The van der Waals surface area contributed by atoms with Gasteiger partial charge in [0.2, 0.25) is 0 Å². The first-order chi connectivity index (χ1) is 9.65. The van der Waals surface area contributed by atoms with Gasteiger partial charge >= 0.3 is 5.97 Å². The van der Waals surface area contributed by atoms with Gasteiger partial charge < -0.3 is 14.2 Å². The van der Waals surface area contributed by atoms with Crippen LogP contribution < -0.4 is 0 Å². The molecule has 4 nitrogen and oxygen atoms in total. The van der Waals surface area contributed by atoms with Gasteiger partial charge in [0.1, 0.15) is 6.61 Å². The quantitative estimate of drug-likeness (QED) is 0.777. The minimum absolute atomic E-state index is 0.0909. The standard InChI is InChI=1S/C16H22O4/c1-12(2)20-14-8-9-15(18-11-14)16(17)19-10-13-6-4-3-5-7-13/h3-7,12,14-15H,8-11H2,1-2H3/t14-,15+/m0/s1. The van der Waals surface area contributed by atoms with Crippen molar-refractivity contribution in [3.05, 3.63) is 35.9 Å². The zero-order valence-electron chi connectivity index (χ0n) is 12.1. The lowest BCUT2D eigenvalue weighted by Gasteiger charge is -2.29. The molecule has 1 fully saturated rings. The number of hydrogen-bond donors (Lipinski definition) is 0. The number of rotatable bonds is 5. The van der Waals surface area contributed by atoms with E-state index in [2.05, 4.69) is 0 Å². The molecular formula is C16H22O4. The van der Waals surface area contributed by atoms with Crippen molar-refractivity contribution in [1.82, 2.24) is 0 Å². The van der Waals surface area contributed by atoms with Crippen molar-refractivity contribution >= 4 is 5.97 Å². The highest BCUT2D eigenvalue weighted by Crippen LogP contribution is 2.18. The minimum Gasteiger partial charge on any atom is -0.459 e. The largest absolute Gasteiger partial charge is 0.459 e. The van der Waals surface area contributed by atoms with Crippen LogP contribution in [0.25, 0.3) is 0 Å². The molecule has 4 heteroatoms. The van der Waals surface area contributed by atoms with Crippen LogP contribution in [-0.4, -0.2) is 30.9 Å². The predicted molar refractivity (Wildman–Crippen MR) is 75.2 cm³/mol. The minimum atomic E-state index is -0.453. The molecule has 0 spiro atoms. The summed E-state index contributed by atoms with van der Waals surface area (Å²) in [5.41, 5.74) is 0.984. The molecule has 0 N–H and O–H groups in total. The van der Waals surface area contributed by atoms with E-state index >= 15 is 0 Å². The topological polar surface area (TPSA) is 44.8 Å². The molecule has 0 saturated carbocycles. The zero-order chi connectivity index (χ0) is 14.4. The van der Waals surface area contributed by atoms with Gasteiger partial charge in [0.15, 0.2) is 6.10 Å². The van der Waals surface area contributed by atoms with Crippen LogP contribution in [0.2, 0.25) is 0 Å². The second-order valence-corrected chi connectivity index (χ2v) is 5.30. The van der Waals surface area contributed by atoms with Crippen molar-refractivity contribution in [2.75, 3.05) is 6.61 Å². The van der Waals surface area contributed by atoms with Gasteiger partial charge in [0.05, 0.1) is 18.8 Å². The summed E-state index contributed by atoms with van der Waals surface area (Å²) in [7, 11) is 0. The van der Waals surface area contributed by atoms with E-state index in [4.69, 9.17) is 14.2 Å². The number of carbonyl (C=O) groups excluding carboxylic acids is 1. The van der Waals surface area contributed by atoms with Crippen LogP contribution in [0.5, 0.6) is 0 Å². The Hall–Kier alpha value is -1.39. The lowest BCUT2D eigenvalue weighted by Crippen LogP contribution is -2.37. The van der Waals surface area contributed by atoms with Crippen LogP contribution in [0.1, 0.15) is 32.3 Å². The maximum Gasteiger partial charge on any atom is 0.335 e. The number of benzene rings is 1. The zero-order valence-corrected chi connectivity index (χ0v) is 12.1. The number of carbonyl (C=O) groups is 1. The SMILES string of the molecule is CC(C)O[C@H]1CC[C@H](C(=O)OCc2ccccc2)OC1. The Morgan fingerprint density at radius 3 is 2.65 bits per heavy atom. The third kappa shape index (κ3) is 4.62. The monoisotopic (exact) mass is 278 g/mol. The van der Waals surface area contributed by atoms with Gasteiger partial charge in [-0.3, -0.25) is 0 Å². The van der Waals surface area contributed by atoms with E-state index in [1.165, 1.54) is 0 Å². The van der Waals surface area contributed by atoms with Crippen LogP contribution in [0.4, 0.5) is 0 Å². The van der Waals surface area contributed by atoms with E-state index in [1.54, 1.807) is 0 Å². The molecule has 0 amide bonds. The summed E-state index contributed by atoms with van der Waals surface area (Å²) in [6.45, 7) is 4.76. The molecule has 1 heterocycles. The van der Waals surface area contributed by atoms with Crippen molar-refractivity contribution in [1.29, 1.82) is 0 Å². The fourth-order valence-corrected chi connectivity index (χ4v) is 2.23. The van der Waals surface area contributed by atoms with Crippen molar-refractivity contribution in [2.24, 2.45) is 0 Å². The lowest BCUT2D eigenvalue weighted by molar-refractivity contribution is -0.169. The van der Waals surface area contributed by atoms with E-state index < -0.39 is 6.10 Å². The lowest BCUT2D eigenvalue weighted by atomic mass is 10.1.